The first kappa shape index (κ1) is 14.6. The molecule has 2 rings (SSSR count). The van der Waals surface area contributed by atoms with Gasteiger partial charge in [-0.2, -0.15) is 0 Å². The van der Waals surface area contributed by atoms with Crippen molar-refractivity contribution in [2.45, 2.75) is 44.6 Å². The minimum Gasteiger partial charge on any atom is -0.481 e. The molecule has 1 unspecified atom stereocenters. The molecule has 0 saturated heterocycles. The molecule has 0 bridgehead atoms. The first-order valence-corrected chi connectivity index (χ1v) is 7.00. The van der Waals surface area contributed by atoms with Crippen molar-refractivity contribution >= 4 is 11.9 Å². The fourth-order valence-corrected chi connectivity index (χ4v) is 2.73. The molecule has 0 aliphatic heterocycles. The highest BCUT2D eigenvalue weighted by Gasteiger charge is 2.38. The van der Waals surface area contributed by atoms with E-state index in [0.29, 0.717) is 11.5 Å². The molecule has 0 spiro atoms. The van der Waals surface area contributed by atoms with Gasteiger partial charge in [-0.25, -0.2) is 0 Å². The molecule has 4 nitrogen and oxygen atoms in total. The van der Waals surface area contributed by atoms with Crippen molar-refractivity contribution in [1.82, 2.24) is 5.32 Å². The summed E-state index contributed by atoms with van der Waals surface area (Å²) in [6, 6.07) is 9.15. The second-order valence-corrected chi connectivity index (χ2v) is 6.02. The number of aliphatic carboxylic acids is 1. The van der Waals surface area contributed by atoms with Crippen molar-refractivity contribution in [3.8, 4) is 0 Å². The number of hydrogen-bond donors (Lipinski definition) is 2. The molecule has 1 saturated carbocycles. The van der Waals surface area contributed by atoms with Gasteiger partial charge in [0.05, 0.1) is 5.41 Å². The van der Waals surface area contributed by atoms with Crippen LogP contribution in [0.5, 0.6) is 0 Å². The molecule has 1 fully saturated rings. The monoisotopic (exact) mass is 275 g/mol. The van der Waals surface area contributed by atoms with Gasteiger partial charge in [0, 0.05) is 12.5 Å². The molecule has 108 valence electrons. The zero-order valence-electron chi connectivity index (χ0n) is 11.9. The first-order valence-electron chi connectivity index (χ1n) is 7.00. The lowest BCUT2D eigenvalue weighted by Crippen LogP contribution is -2.46. The predicted octanol–water partition coefficient (Wildman–Crippen LogP) is 2.33. The average Bonchev–Trinajstić information content (AvgIpc) is 2.37. The molecule has 1 aliphatic rings. The second-order valence-electron chi connectivity index (χ2n) is 6.02. The van der Waals surface area contributed by atoms with Gasteiger partial charge in [0.15, 0.2) is 0 Å². The largest absolute Gasteiger partial charge is 0.481 e. The maximum absolute atomic E-state index is 12.1. The lowest BCUT2D eigenvalue weighted by Gasteiger charge is -2.34. The Labute approximate surface area is 119 Å². The number of rotatable bonds is 5. The second kappa shape index (κ2) is 5.65. The van der Waals surface area contributed by atoms with E-state index in [2.05, 4.69) is 12.2 Å². The van der Waals surface area contributed by atoms with Gasteiger partial charge in [-0.1, -0.05) is 37.3 Å². The summed E-state index contributed by atoms with van der Waals surface area (Å²) in [5.74, 6) is -0.503. The summed E-state index contributed by atoms with van der Waals surface area (Å²) >= 11 is 0. The van der Waals surface area contributed by atoms with E-state index in [1.165, 1.54) is 0 Å². The van der Waals surface area contributed by atoms with Crippen LogP contribution in [0.1, 0.15) is 38.7 Å². The van der Waals surface area contributed by atoms with Crippen molar-refractivity contribution < 1.29 is 14.7 Å². The third-order valence-electron chi connectivity index (χ3n) is 4.14. The van der Waals surface area contributed by atoms with Crippen molar-refractivity contribution in [3.05, 3.63) is 35.9 Å². The lowest BCUT2D eigenvalue weighted by molar-refractivity contribution is -0.145. The van der Waals surface area contributed by atoms with E-state index in [1.54, 1.807) is 31.2 Å². The van der Waals surface area contributed by atoms with Crippen LogP contribution >= 0.6 is 0 Å². The van der Waals surface area contributed by atoms with Crippen LogP contribution in [0.4, 0.5) is 0 Å². The van der Waals surface area contributed by atoms with Crippen molar-refractivity contribution in [3.63, 3.8) is 0 Å². The van der Waals surface area contributed by atoms with Crippen LogP contribution in [-0.4, -0.2) is 23.0 Å². The summed E-state index contributed by atoms with van der Waals surface area (Å²) in [6.45, 7) is 3.75. The number of carbonyl (C=O) groups is 2. The maximum Gasteiger partial charge on any atom is 0.314 e. The fraction of sp³-hybridized carbons (Fsp3) is 0.500. The third-order valence-corrected chi connectivity index (χ3v) is 4.14. The van der Waals surface area contributed by atoms with Gasteiger partial charge in [-0.15, -0.1) is 0 Å². The van der Waals surface area contributed by atoms with Gasteiger partial charge in [-0.3, -0.25) is 9.59 Å². The molecule has 0 heterocycles. The highest BCUT2D eigenvalue weighted by Crippen LogP contribution is 2.30. The smallest absolute Gasteiger partial charge is 0.314 e. The SMILES string of the molecule is CC1CC(NC(=O)CC(C)(C(=O)O)c2ccccc2)C1. The minimum atomic E-state index is -1.18. The van der Waals surface area contributed by atoms with Gasteiger partial charge in [-0.05, 0) is 31.2 Å². The van der Waals surface area contributed by atoms with Gasteiger partial charge < -0.3 is 10.4 Å². The predicted molar refractivity (Wildman–Crippen MR) is 76.4 cm³/mol. The van der Waals surface area contributed by atoms with E-state index in [-0.39, 0.29) is 18.4 Å². The van der Waals surface area contributed by atoms with Crippen molar-refractivity contribution in [2.75, 3.05) is 0 Å². The van der Waals surface area contributed by atoms with E-state index in [1.807, 2.05) is 6.07 Å². The Kier molecular flexibility index (Phi) is 4.12. The number of amides is 1. The fourth-order valence-electron chi connectivity index (χ4n) is 2.73. The van der Waals surface area contributed by atoms with Gasteiger partial charge >= 0.3 is 5.97 Å². The molecule has 1 amide bonds. The summed E-state index contributed by atoms with van der Waals surface area (Å²) < 4.78 is 0. The lowest BCUT2D eigenvalue weighted by atomic mass is 9.78. The molecule has 1 aromatic rings. The molecule has 20 heavy (non-hydrogen) atoms. The van der Waals surface area contributed by atoms with Crippen LogP contribution in [0.3, 0.4) is 0 Å². The van der Waals surface area contributed by atoms with E-state index in [0.717, 1.165) is 12.8 Å². The van der Waals surface area contributed by atoms with Gasteiger partial charge in [0.2, 0.25) is 5.91 Å². The molecular formula is C16H21NO3. The molecule has 1 atom stereocenters. The van der Waals surface area contributed by atoms with Crippen LogP contribution < -0.4 is 5.32 Å². The number of benzene rings is 1. The quantitative estimate of drug-likeness (QED) is 0.866. The summed E-state index contributed by atoms with van der Waals surface area (Å²) in [5, 5.41) is 12.4. The van der Waals surface area contributed by atoms with Crippen LogP contribution in [0.15, 0.2) is 30.3 Å². The summed E-state index contributed by atoms with van der Waals surface area (Å²) in [4.78, 5) is 23.7. The van der Waals surface area contributed by atoms with Crippen LogP contribution in [0, 0.1) is 5.92 Å². The molecule has 0 aromatic heterocycles. The zero-order valence-corrected chi connectivity index (χ0v) is 11.9. The topological polar surface area (TPSA) is 66.4 Å². The Morgan fingerprint density at radius 3 is 2.40 bits per heavy atom. The van der Waals surface area contributed by atoms with E-state index in [4.69, 9.17) is 0 Å². The molecular weight excluding hydrogens is 254 g/mol. The van der Waals surface area contributed by atoms with Crippen molar-refractivity contribution in [1.29, 1.82) is 0 Å². The summed E-state index contributed by atoms with van der Waals surface area (Å²) in [6.07, 6.45) is 1.94. The third kappa shape index (κ3) is 3.00. The molecule has 2 N–H and O–H groups in total. The van der Waals surface area contributed by atoms with E-state index in [9.17, 15) is 14.7 Å². The van der Waals surface area contributed by atoms with E-state index < -0.39 is 11.4 Å². The first-order chi connectivity index (χ1) is 9.41. The Bertz CT molecular complexity index is 494. The molecule has 1 aromatic carbocycles. The molecule has 4 heteroatoms. The number of carboxylic acid groups (broad SMARTS) is 1. The van der Waals surface area contributed by atoms with Gasteiger partial charge in [0.25, 0.3) is 0 Å². The molecule has 1 aliphatic carbocycles. The Morgan fingerprint density at radius 1 is 1.30 bits per heavy atom. The normalized spacial score (nSPS) is 24.3. The summed E-state index contributed by atoms with van der Waals surface area (Å²) in [5.41, 5.74) is -0.523. The van der Waals surface area contributed by atoms with Crippen LogP contribution in [0.25, 0.3) is 0 Å². The average molecular weight is 275 g/mol. The van der Waals surface area contributed by atoms with Crippen LogP contribution in [0.2, 0.25) is 0 Å². The number of nitrogens with one attached hydrogen (secondary N) is 1. The highest BCUT2D eigenvalue weighted by atomic mass is 16.4. The summed E-state index contributed by atoms with van der Waals surface area (Å²) in [7, 11) is 0. The highest BCUT2D eigenvalue weighted by molar-refractivity contribution is 5.89. The number of carboxylic acids is 1. The number of carbonyl (C=O) groups excluding carboxylic acids is 1. The Balaban J connectivity index is 2.06. The standard InChI is InChI=1S/C16H21NO3/c1-11-8-13(9-11)17-14(18)10-16(2,15(19)20)12-6-4-3-5-7-12/h3-7,11,13H,8-10H2,1-2H3,(H,17,18)(H,19,20). The van der Waals surface area contributed by atoms with Crippen LogP contribution in [-0.2, 0) is 15.0 Å². The van der Waals surface area contributed by atoms with Crippen molar-refractivity contribution in [2.24, 2.45) is 5.92 Å². The Morgan fingerprint density at radius 2 is 1.90 bits per heavy atom. The minimum absolute atomic E-state index is 0.0305. The van der Waals surface area contributed by atoms with Gasteiger partial charge in [0.1, 0.15) is 0 Å². The zero-order chi connectivity index (χ0) is 14.8. The molecule has 0 radical (unpaired) electrons. The van der Waals surface area contributed by atoms with E-state index >= 15 is 0 Å². The maximum atomic E-state index is 12.1. The number of hydrogen-bond acceptors (Lipinski definition) is 2. The Hall–Kier alpha value is -1.84.